The number of hydrogen-bond acceptors (Lipinski definition) is 2. The summed E-state index contributed by atoms with van der Waals surface area (Å²) in [6.07, 6.45) is 2.09. The third-order valence-corrected chi connectivity index (χ3v) is 3.49. The number of nitrogens with one attached hydrogen (secondary N) is 1. The highest BCUT2D eigenvalue weighted by Gasteiger charge is 2.08. The van der Waals surface area contributed by atoms with Gasteiger partial charge in [-0.3, -0.25) is 0 Å². The average Bonchev–Trinajstić information content (AvgIpc) is 2.48. The third kappa shape index (κ3) is 3.61. The maximum Gasteiger partial charge on any atom is 0.101 e. The summed E-state index contributed by atoms with van der Waals surface area (Å²) < 4.78 is 0. The second kappa shape index (κ2) is 6.77. The lowest BCUT2D eigenvalue weighted by Gasteiger charge is -2.18. The topological polar surface area (TPSA) is 35.8 Å². The van der Waals surface area contributed by atoms with Crippen LogP contribution >= 0.6 is 0 Å². The van der Waals surface area contributed by atoms with Crippen LogP contribution in [-0.2, 0) is 6.42 Å². The molecule has 0 heterocycles. The van der Waals surface area contributed by atoms with Crippen LogP contribution in [0, 0.1) is 18.3 Å². The van der Waals surface area contributed by atoms with Gasteiger partial charge in [-0.1, -0.05) is 42.5 Å². The van der Waals surface area contributed by atoms with E-state index in [1.54, 1.807) is 0 Å². The molecule has 0 amide bonds. The zero-order valence-corrected chi connectivity index (χ0v) is 12.1. The van der Waals surface area contributed by atoms with Crippen LogP contribution in [-0.4, -0.2) is 6.04 Å². The van der Waals surface area contributed by atoms with E-state index in [4.69, 9.17) is 0 Å². The van der Waals surface area contributed by atoms with E-state index in [9.17, 15) is 5.26 Å². The predicted octanol–water partition coefficient (Wildman–Crippen LogP) is 4.30. The molecule has 0 fully saturated rings. The van der Waals surface area contributed by atoms with Crippen LogP contribution in [0.3, 0.4) is 0 Å². The molecule has 0 aliphatic heterocycles. The molecule has 0 saturated carbocycles. The van der Waals surface area contributed by atoms with Crippen LogP contribution in [0.4, 0.5) is 5.69 Å². The van der Waals surface area contributed by atoms with Crippen LogP contribution in [0.15, 0.2) is 48.5 Å². The van der Waals surface area contributed by atoms with Gasteiger partial charge in [0, 0.05) is 6.04 Å². The van der Waals surface area contributed by atoms with Gasteiger partial charge in [0.15, 0.2) is 0 Å². The first kappa shape index (κ1) is 14.1. The van der Waals surface area contributed by atoms with Gasteiger partial charge in [0.05, 0.1) is 11.3 Å². The van der Waals surface area contributed by atoms with Crippen LogP contribution in [0.1, 0.15) is 30.0 Å². The molecule has 0 saturated heterocycles. The van der Waals surface area contributed by atoms with Gasteiger partial charge in [-0.15, -0.1) is 0 Å². The number of nitrogens with zero attached hydrogens (tertiary/aromatic N) is 1. The van der Waals surface area contributed by atoms with Crippen molar-refractivity contribution in [1.82, 2.24) is 0 Å². The lowest BCUT2D eigenvalue weighted by molar-refractivity contribution is 0.705. The molecule has 2 aromatic rings. The summed E-state index contributed by atoms with van der Waals surface area (Å²) in [5.74, 6) is 0. The summed E-state index contributed by atoms with van der Waals surface area (Å²) in [6.45, 7) is 4.20. The molecule has 1 atom stereocenters. The molecule has 1 N–H and O–H groups in total. The molecular weight excluding hydrogens is 244 g/mol. The Morgan fingerprint density at radius 1 is 1.10 bits per heavy atom. The zero-order chi connectivity index (χ0) is 14.4. The van der Waals surface area contributed by atoms with Crippen molar-refractivity contribution in [2.24, 2.45) is 0 Å². The zero-order valence-electron chi connectivity index (χ0n) is 12.1. The smallest absolute Gasteiger partial charge is 0.101 e. The summed E-state index contributed by atoms with van der Waals surface area (Å²) in [4.78, 5) is 0. The number of rotatable bonds is 5. The van der Waals surface area contributed by atoms with Crippen LogP contribution < -0.4 is 5.32 Å². The number of nitriles is 1. The number of anilines is 1. The molecule has 2 rings (SSSR count). The average molecular weight is 264 g/mol. The monoisotopic (exact) mass is 264 g/mol. The largest absolute Gasteiger partial charge is 0.381 e. The highest BCUT2D eigenvalue weighted by Crippen LogP contribution is 2.21. The van der Waals surface area contributed by atoms with Gasteiger partial charge in [-0.2, -0.15) is 5.26 Å². The standard InChI is InChI=1S/C18H20N2/c1-14-7-6-10-17(13-19)18(14)20-15(2)11-12-16-8-4-3-5-9-16/h3-10,15,20H,11-12H2,1-2H3. The van der Waals surface area contributed by atoms with Gasteiger partial charge in [-0.05, 0) is 43.9 Å². The number of aryl methyl sites for hydroxylation is 2. The van der Waals surface area contributed by atoms with Gasteiger partial charge in [0.2, 0.25) is 0 Å². The fourth-order valence-electron chi connectivity index (χ4n) is 2.30. The van der Waals surface area contributed by atoms with Gasteiger partial charge in [-0.25, -0.2) is 0 Å². The van der Waals surface area contributed by atoms with Crippen LogP contribution in [0.25, 0.3) is 0 Å². The number of para-hydroxylation sites is 1. The Hall–Kier alpha value is -2.27. The first-order chi connectivity index (χ1) is 9.70. The molecule has 2 heteroatoms. The molecule has 0 aliphatic rings. The molecule has 102 valence electrons. The van der Waals surface area contributed by atoms with E-state index < -0.39 is 0 Å². The summed E-state index contributed by atoms with van der Waals surface area (Å²) in [5, 5.41) is 12.7. The minimum atomic E-state index is 0.336. The van der Waals surface area contributed by atoms with E-state index in [1.165, 1.54) is 5.56 Å². The maximum atomic E-state index is 9.17. The summed E-state index contributed by atoms with van der Waals surface area (Å²) in [5.41, 5.74) is 4.16. The van der Waals surface area contributed by atoms with Crippen LogP contribution in [0.5, 0.6) is 0 Å². The lowest BCUT2D eigenvalue weighted by Crippen LogP contribution is -2.17. The van der Waals surface area contributed by atoms with Crippen molar-refractivity contribution in [2.75, 3.05) is 5.32 Å². The van der Waals surface area contributed by atoms with Crippen molar-refractivity contribution in [1.29, 1.82) is 5.26 Å². The van der Waals surface area contributed by atoms with E-state index in [1.807, 2.05) is 31.2 Å². The lowest BCUT2D eigenvalue weighted by atomic mass is 10.0. The minimum Gasteiger partial charge on any atom is -0.381 e. The third-order valence-electron chi connectivity index (χ3n) is 3.49. The summed E-state index contributed by atoms with van der Waals surface area (Å²) in [6, 6.07) is 18.9. The first-order valence-corrected chi connectivity index (χ1v) is 7.01. The second-order valence-corrected chi connectivity index (χ2v) is 5.18. The molecule has 0 aliphatic carbocycles. The fourth-order valence-corrected chi connectivity index (χ4v) is 2.30. The molecule has 20 heavy (non-hydrogen) atoms. The number of benzene rings is 2. The van der Waals surface area contributed by atoms with E-state index in [0.717, 1.165) is 29.7 Å². The molecule has 0 spiro atoms. The van der Waals surface area contributed by atoms with Crippen molar-refractivity contribution >= 4 is 5.69 Å². The van der Waals surface area contributed by atoms with Crippen molar-refractivity contribution in [3.8, 4) is 6.07 Å². The molecule has 2 nitrogen and oxygen atoms in total. The molecule has 0 bridgehead atoms. The quantitative estimate of drug-likeness (QED) is 0.874. The fraction of sp³-hybridized carbons (Fsp3) is 0.278. The summed E-state index contributed by atoms with van der Waals surface area (Å²) >= 11 is 0. The van der Waals surface area contributed by atoms with E-state index in [2.05, 4.69) is 42.6 Å². The van der Waals surface area contributed by atoms with Crippen molar-refractivity contribution < 1.29 is 0 Å². The van der Waals surface area contributed by atoms with Crippen molar-refractivity contribution in [2.45, 2.75) is 32.7 Å². The van der Waals surface area contributed by atoms with Crippen molar-refractivity contribution in [3.63, 3.8) is 0 Å². The normalized spacial score (nSPS) is 11.7. The second-order valence-electron chi connectivity index (χ2n) is 5.18. The van der Waals surface area contributed by atoms with Crippen LogP contribution in [0.2, 0.25) is 0 Å². The van der Waals surface area contributed by atoms with E-state index >= 15 is 0 Å². The maximum absolute atomic E-state index is 9.17. The molecule has 2 aromatic carbocycles. The summed E-state index contributed by atoms with van der Waals surface area (Å²) in [7, 11) is 0. The Bertz CT molecular complexity index is 597. The van der Waals surface area contributed by atoms with Gasteiger partial charge < -0.3 is 5.32 Å². The highest BCUT2D eigenvalue weighted by molar-refractivity contribution is 5.62. The van der Waals surface area contributed by atoms with E-state index in [0.29, 0.717) is 6.04 Å². The molecule has 0 radical (unpaired) electrons. The van der Waals surface area contributed by atoms with Gasteiger partial charge in [0.25, 0.3) is 0 Å². The Morgan fingerprint density at radius 3 is 2.55 bits per heavy atom. The first-order valence-electron chi connectivity index (χ1n) is 7.01. The Balaban J connectivity index is 1.99. The highest BCUT2D eigenvalue weighted by atomic mass is 14.9. The molecule has 1 unspecified atom stereocenters. The Morgan fingerprint density at radius 2 is 1.85 bits per heavy atom. The van der Waals surface area contributed by atoms with Gasteiger partial charge >= 0.3 is 0 Å². The predicted molar refractivity (Wildman–Crippen MR) is 83.7 cm³/mol. The molecule has 0 aromatic heterocycles. The Kier molecular flexibility index (Phi) is 4.79. The number of hydrogen-bond donors (Lipinski definition) is 1. The Labute approximate surface area is 121 Å². The van der Waals surface area contributed by atoms with Crippen molar-refractivity contribution in [3.05, 3.63) is 65.2 Å². The minimum absolute atomic E-state index is 0.336. The van der Waals surface area contributed by atoms with Gasteiger partial charge in [0.1, 0.15) is 6.07 Å². The van der Waals surface area contributed by atoms with E-state index in [-0.39, 0.29) is 0 Å². The molecular formula is C18H20N2. The SMILES string of the molecule is Cc1cccc(C#N)c1NC(C)CCc1ccccc1.